The molecule has 2 aromatic carbocycles. The molecule has 0 unspecified atom stereocenters. The van der Waals surface area contributed by atoms with Crippen LogP contribution < -0.4 is 10.2 Å². The van der Waals surface area contributed by atoms with E-state index in [9.17, 15) is 4.79 Å². The predicted octanol–water partition coefficient (Wildman–Crippen LogP) is 4.54. The average Bonchev–Trinajstić information content (AvgIpc) is 2.55. The van der Waals surface area contributed by atoms with Crippen molar-refractivity contribution in [1.82, 2.24) is 0 Å². The van der Waals surface area contributed by atoms with Gasteiger partial charge in [-0.3, -0.25) is 4.79 Å². The Morgan fingerprint density at radius 3 is 2.91 bits per heavy atom. The summed E-state index contributed by atoms with van der Waals surface area (Å²) in [6, 6.07) is 14.4. The molecule has 0 bridgehead atoms. The molecule has 2 aromatic rings. The lowest BCUT2D eigenvalue weighted by atomic mass is 10.0. The van der Waals surface area contributed by atoms with Crippen molar-refractivity contribution >= 4 is 33.2 Å². The molecule has 0 atom stereocenters. The van der Waals surface area contributed by atoms with Crippen LogP contribution in [0.25, 0.3) is 0 Å². The molecule has 1 aliphatic rings. The second-order valence-electron chi connectivity index (χ2n) is 5.98. The number of benzene rings is 2. The monoisotopic (exact) mass is 372 g/mol. The molecule has 0 saturated carbocycles. The predicted molar refractivity (Wildman–Crippen MR) is 99.1 cm³/mol. The average molecular weight is 373 g/mol. The third-order valence-electron chi connectivity index (χ3n) is 4.28. The first-order chi connectivity index (χ1) is 11.1. The van der Waals surface area contributed by atoms with Crippen LogP contribution in [0.15, 0.2) is 46.9 Å². The standard InChI is InChI=1S/C19H21BrN2O/c1-14-13-16(20)8-9-17(14)21-19(23)10-12-22-11-4-6-15-5-2-3-7-18(15)22/h2-3,5,7-9,13H,4,6,10-12H2,1H3,(H,21,23). The minimum absolute atomic E-state index is 0.0680. The van der Waals surface area contributed by atoms with Crippen LogP contribution in [0.5, 0.6) is 0 Å². The van der Waals surface area contributed by atoms with Crippen LogP contribution in [0, 0.1) is 6.92 Å². The number of hydrogen-bond acceptors (Lipinski definition) is 2. The summed E-state index contributed by atoms with van der Waals surface area (Å²) in [5, 5.41) is 3.01. The molecule has 1 amide bonds. The molecule has 0 radical (unpaired) electrons. The Bertz CT molecular complexity index is 714. The van der Waals surface area contributed by atoms with E-state index >= 15 is 0 Å². The molecule has 0 aliphatic carbocycles. The number of anilines is 2. The van der Waals surface area contributed by atoms with E-state index in [-0.39, 0.29) is 5.91 Å². The maximum atomic E-state index is 12.3. The van der Waals surface area contributed by atoms with Gasteiger partial charge in [-0.05, 0) is 55.2 Å². The van der Waals surface area contributed by atoms with E-state index < -0.39 is 0 Å². The van der Waals surface area contributed by atoms with E-state index in [1.54, 1.807) is 0 Å². The number of para-hydroxylation sites is 1. The van der Waals surface area contributed by atoms with Crippen LogP contribution in [-0.4, -0.2) is 19.0 Å². The zero-order chi connectivity index (χ0) is 16.2. The number of hydrogen-bond donors (Lipinski definition) is 1. The van der Waals surface area contributed by atoms with Gasteiger partial charge in [0, 0.05) is 35.4 Å². The lowest BCUT2D eigenvalue weighted by Gasteiger charge is -2.31. The van der Waals surface area contributed by atoms with Crippen molar-refractivity contribution in [1.29, 1.82) is 0 Å². The molecule has 0 fully saturated rings. The summed E-state index contributed by atoms with van der Waals surface area (Å²) in [4.78, 5) is 14.6. The third-order valence-corrected chi connectivity index (χ3v) is 4.77. The van der Waals surface area contributed by atoms with Crippen molar-refractivity contribution in [3.63, 3.8) is 0 Å². The number of carbonyl (C=O) groups is 1. The van der Waals surface area contributed by atoms with Crippen LogP contribution in [0.4, 0.5) is 11.4 Å². The Labute approximate surface area is 145 Å². The Kier molecular flexibility index (Phi) is 5.01. The van der Waals surface area contributed by atoms with Gasteiger partial charge in [-0.25, -0.2) is 0 Å². The van der Waals surface area contributed by atoms with Crippen LogP contribution in [0.2, 0.25) is 0 Å². The number of rotatable bonds is 4. The fraction of sp³-hybridized carbons (Fsp3) is 0.316. The van der Waals surface area contributed by atoms with Crippen LogP contribution >= 0.6 is 15.9 Å². The smallest absolute Gasteiger partial charge is 0.226 e. The van der Waals surface area contributed by atoms with Gasteiger partial charge >= 0.3 is 0 Å². The molecule has 3 rings (SSSR count). The lowest BCUT2D eigenvalue weighted by molar-refractivity contribution is -0.116. The number of aryl methyl sites for hydroxylation is 2. The second kappa shape index (κ2) is 7.18. The van der Waals surface area contributed by atoms with Gasteiger partial charge in [0.25, 0.3) is 0 Å². The van der Waals surface area contributed by atoms with E-state index in [1.807, 2.05) is 25.1 Å². The zero-order valence-corrected chi connectivity index (χ0v) is 14.9. The number of nitrogens with one attached hydrogen (secondary N) is 1. The number of fused-ring (bicyclic) bond motifs is 1. The fourth-order valence-corrected chi connectivity index (χ4v) is 3.54. The minimum Gasteiger partial charge on any atom is -0.371 e. The summed E-state index contributed by atoms with van der Waals surface area (Å²) in [6.07, 6.45) is 2.80. The Morgan fingerprint density at radius 1 is 1.26 bits per heavy atom. The van der Waals surface area contributed by atoms with E-state index in [0.717, 1.165) is 41.7 Å². The summed E-state index contributed by atoms with van der Waals surface area (Å²) in [5.74, 6) is 0.0680. The second-order valence-corrected chi connectivity index (χ2v) is 6.89. The van der Waals surface area contributed by atoms with Crippen molar-refractivity contribution in [2.75, 3.05) is 23.3 Å². The minimum atomic E-state index is 0.0680. The number of carbonyl (C=O) groups excluding carboxylic acids is 1. The molecule has 23 heavy (non-hydrogen) atoms. The summed E-state index contributed by atoms with van der Waals surface area (Å²) in [6.45, 7) is 3.79. The highest BCUT2D eigenvalue weighted by atomic mass is 79.9. The molecular weight excluding hydrogens is 352 g/mol. The van der Waals surface area contributed by atoms with Gasteiger partial charge in [0.1, 0.15) is 0 Å². The summed E-state index contributed by atoms with van der Waals surface area (Å²) in [5.41, 5.74) is 4.63. The first-order valence-electron chi connectivity index (χ1n) is 8.02. The lowest BCUT2D eigenvalue weighted by Crippen LogP contribution is -2.32. The Hall–Kier alpha value is -1.81. The summed E-state index contributed by atoms with van der Waals surface area (Å²) in [7, 11) is 0. The highest BCUT2D eigenvalue weighted by Crippen LogP contribution is 2.26. The van der Waals surface area contributed by atoms with Gasteiger partial charge in [0.15, 0.2) is 0 Å². The molecule has 1 heterocycles. The number of halogens is 1. The van der Waals surface area contributed by atoms with E-state index in [2.05, 4.69) is 50.4 Å². The maximum Gasteiger partial charge on any atom is 0.226 e. The quantitative estimate of drug-likeness (QED) is 0.854. The molecule has 4 heteroatoms. The van der Waals surface area contributed by atoms with Gasteiger partial charge < -0.3 is 10.2 Å². The zero-order valence-electron chi connectivity index (χ0n) is 13.3. The normalized spacial score (nSPS) is 13.6. The number of amides is 1. The first-order valence-corrected chi connectivity index (χ1v) is 8.81. The van der Waals surface area contributed by atoms with E-state index in [0.29, 0.717) is 6.42 Å². The molecule has 1 N–H and O–H groups in total. The Morgan fingerprint density at radius 2 is 2.09 bits per heavy atom. The number of nitrogens with zero attached hydrogens (tertiary/aromatic N) is 1. The van der Waals surface area contributed by atoms with Crippen molar-refractivity contribution in [3.05, 3.63) is 58.1 Å². The largest absolute Gasteiger partial charge is 0.371 e. The van der Waals surface area contributed by atoms with Crippen LogP contribution in [-0.2, 0) is 11.2 Å². The maximum absolute atomic E-state index is 12.3. The van der Waals surface area contributed by atoms with Crippen molar-refractivity contribution < 1.29 is 4.79 Å². The van der Waals surface area contributed by atoms with Gasteiger partial charge in [0.2, 0.25) is 5.91 Å². The molecule has 0 saturated heterocycles. The van der Waals surface area contributed by atoms with Gasteiger partial charge in [-0.1, -0.05) is 34.1 Å². The molecule has 3 nitrogen and oxygen atoms in total. The van der Waals surface area contributed by atoms with Crippen LogP contribution in [0.3, 0.4) is 0 Å². The van der Waals surface area contributed by atoms with Crippen molar-refractivity contribution in [2.24, 2.45) is 0 Å². The van der Waals surface area contributed by atoms with Gasteiger partial charge in [-0.15, -0.1) is 0 Å². The molecular formula is C19H21BrN2O. The first kappa shape index (κ1) is 16.1. The van der Waals surface area contributed by atoms with Crippen LogP contribution in [0.1, 0.15) is 24.0 Å². The highest BCUT2D eigenvalue weighted by molar-refractivity contribution is 9.10. The van der Waals surface area contributed by atoms with Crippen molar-refractivity contribution in [2.45, 2.75) is 26.2 Å². The topological polar surface area (TPSA) is 32.3 Å². The van der Waals surface area contributed by atoms with E-state index in [1.165, 1.54) is 11.3 Å². The van der Waals surface area contributed by atoms with E-state index in [4.69, 9.17) is 0 Å². The SMILES string of the molecule is Cc1cc(Br)ccc1NC(=O)CCN1CCCc2ccccc21. The third kappa shape index (κ3) is 3.94. The highest BCUT2D eigenvalue weighted by Gasteiger charge is 2.17. The van der Waals surface area contributed by atoms with Gasteiger partial charge in [-0.2, -0.15) is 0 Å². The molecule has 120 valence electrons. The summed E-state index contributed by atoms with van der Waals surface area (Å²) < 4.78 is 1.03. The van der Waals surface area contributed by atoms with Crippen molar-refractivity contribution in [3.8, 4) is 0 Å². The fourth-order valence-electron chi connectivity index (χ4n) is 3.06. The Balaban J connectivity index is 1.59. The molecule has 0 spiro atoms. The summed E-state index contributed by atoms with van der Waals surface area (Å²) >= 11 is 3.44. The molecule has 0 aromatic heterocycles. The molecule has 1 aliphatic heterocycles. The van der Waals surface area contributed by atoms with Gasteiger partial charge in [0.05, 0.1) is 0 Å².